The molecule has 0 aliphatic carbocycles. The van der Waals surface area contributed by atoms with Crippen LogP contribution in [0.3, 0.4) is 0 Å². The van der Waals surface area contributed by atoms with Crippen molar-refractivity contribution in [3.05, 3.63) is 55.7 Å². The number of nitrogens with zero attached hydrogens (tertiary/aromatic N) is 2. The minimum absolute atomic E-state index is 0.229. The van der Waals surface area contributed by atoms with Crippen LogP contribution in [0.4, 0.5) is 5.82 Å². The number of ether oxygens (including phenoxy) is 2. The zero-order chi connectivity index (χ0) is 21.7. The Morgan fingerprint density at radius 2 is 1.69 bits per heavy atom. The quantitative estimate of drug-likeness (QED) is 0.514. The zero-order valence-corrected chi connectivity index (χ0v) is 17.0. The molecule has 156 valence electrons. The fraction of sp³-hybridized carbons (Fsp3) is 0.400. The molecular weight excluding hydrogens is 378 g/mol. The molecule has 2 N–H and O–H groups in total. The fourth-order valence-corrected chi connectivity index (χ4v) is 2.90. The molecule has 1 aromatic heterocycles. The molecule has 2 aromatic rings. The van der Waals surface area contributed by atoms with Crippen LogP contribution in [-0.4, -0.2) is 34.1 Å². The minimum atomic E-state index is -0.826. The average Bonchev–Trinajstić information content (AvgIpc) is 2.66. The molecule has 0 amide bonds. The van der Waals surface area contributed by atoms with Crippen LogP contribution < -0.4 is 21.7 Å². The number of anilines is 1. The molecule has 2 rings (SSSR count). The van der Waals surface area contributed by atoms with Gasteiger partial charge in [0.25, 0.3) is 5.56 Å². The van der Waals surface area contributed by atoms with Gasteiger partial charge < -0.3 is 15.2 Å². The predicted octanol–water partition coefficient (Wildman–Crippen LogP) is 0.961. The van der Waals surface area contributed by atoms with Gasteiger partial charge in [0, 0.05) is 13.6 Å². The smallest absolute Gasteiger partial charge is 0.344 e. The van der Waals surface area contributed by atoms with E-state index in [2.05, 4.69) is 0 Å². The lowest BCUT2D eigenvalue weighted by molar-refractivity contribution is -0.144. The molecule has 9 heteroatoms. The molecule has 29 heavy (non-hydrogen) atoms. The maximum Gasteiger partial charge on any atom is 0.344 e. The summed E-state index contributed by atoms with van der Waals surface area (Å²) in [5, 5.41) is 0. The number of carbonyl (C=O) groups is 2. The number of aromatic nitrogens is 2. The molecule has 0 spiro atoms. The van der Waals surface area contributed by atoms with Crippen molar-refractivity contribution in [1.29, 1.82) is 0 Å². The van der Waals surface area contributed by atoms with Gasteiger partial charge in [-0.2, -0.15) is 0 Å². The Labute approximate surface area is 167 Å². The summed E-state index contributed by atoms with van der Waals surface area (Å²) in [6.07, 6.45) is 0.584. The normalized spacial score (nSPS) is 10.6. The van der Waals surface area contributed by atoms with Crippen molar-refractivity contribution >= 4 is 17.6 Å². The van der Waals surface area contributed by atoms with E-state index in [0.29, 0.717) is 12.2 Å². The summed E-state index contributed by atoms with van der Waals surface area (Å²) in [7, 11) is 1.26. The Morgan fingerprint density at radius 1 is 1.07 bits per heavy atom. The monoisotopic (exact) mass is 403 g/mol. The summed E-state index contributed by atoms with van der Waals surface area (Å²) in [6, 6.07) is 5.51. The highest BCUT2D eigenvalue weighted by atomic mass is 16.6. The van der Waals surface area contributed by atoms with Gasteiger partial charge in [-0.1, -0.05) is 13.0 Å². The number of nitrogen functional groups attached to an aromatic ring is 1. The second-order valence-corrected chi connectivity index (χ2v) is 6.75. The summed E-state index contributed by atoms with van der Waals surface area (Å²) in [5.41, 5.74) is 6.04. The molecule has 0 fully saturated rings. The third-order valence-corrected chi connectivity index (χ3v) is 4.23. The van der Waals surface area contributed by atoms with E-state index >= 15 is 0 Å². The van der Waals surface area contributed by atoms with Crippen molar-refractivity contribution in [2.24, 2.45) is 7.05 Å². The lowest BCUT2D eigenvalue weighted by atomic mass is 10.1. The number of Topliss-reactive ketones (excluding diaryl/α,β-unsaturated/α-hetero) is 1. The van der Waals surface area contributed by atoms with Crippen LogP contribution in [0.25, 0.3) is 0 Å². The molecule has 0 saturated carbocycles. The van der Waals surface area contributed by atoms with Gasteiger partial charge in [0.2, 0.25) is 5.78 Å². The van der Waals surface area contributed by atoms with E-state index in [4.69, 9.17) is 15.2 Å². The lowest BCUT2D eigenvalue weighted by Crippen LogP contribution is -2.43. The Kier molecular flexibility index (Phi) is 6.98. The molecule has 0 saturated heterocycles. The number of hydrogen-bond donors (Lipinski definition) is 1. The van der Waals surface area contributed by atoms with Crippen LogP contribution in [0.2, 0.25) is 0 Å². The van der Waals surface area contributed by atoms with Crippen molar-refractivity contribution in [1.82, 2.24) is 9.13 Å². The van der Waals surface area contributed by atoms with Crippen LogP contribution in [0.5, 0.6) is 5.75 Å². The maximum atomic E-state index is 12.4. The predicted molar refractivity (Wildman–Crippen MR) is 107 cm³/mol. The van der Waals surface area contributed by atoms with E-state index in [1.807, 2.05) is 26.8 Å². The number of rotatable bonds is 8. The SMILES string of the molecule is CCCn1c(N)c(C(=O)COC(=O)COc2cc(C)cc(C)c2)c(=O)n(C)c1=O. The Hall–Kier alpha value is -3.36. The molecule has 0 unspecified atom stereocenters. The van der Waals surface area contributed by atoms with Crippen LogP contribution in [-0.2, 0) is 23.1 Å². The van der Waals surface area contributed by atoms with Crippen molar-refractivity contribution in [2.45, 2.75) is 33.7 Å². The summed E-state index contributed by atoms with van der Waals surface area (Å²) < 4.78 is 12.3. The van der Waals surface area contributed by atoms with E-state index in [1.165, 1.54) is 7.05 Å². The number of aryl methyl sites for hydroxylation is 2. The molecule has 0 aliphatic heterocycles. The summed E-state index contributed by atoms with van der Waals surface area (Å²) in [5.74, 6) is -1.27. The second kappa shape index (κ2) is 9.22. The zero-order valence-electron chi connectivity index (χ0n) is 17.0. The van der Waals surface area contributed by atoms with Gasteiger partial charge in [-0.3, -0.25) is 18.7 Å². The third-order valence-electron chi connectivity index (χ3n) is 4.23. The Balaban J connectivity index is 2.08. The lowest BCUT2D eigenvalue weighted by Gasteiger charge is -2.14. The number of benzene rings is 1. The van der Waals surface area contributed by atoms with E-state index in [-0.39, 0.29) is 24.5 Å². The molecule has 0 aliphatic rings. The largest absolute Gasteiger partial charge is 0.482 e. The van der Waals surface area contributed by atoms with Crippen LogP contribution in [0.15, 0.2) is 27.8 Å². The molecule has 1 aromatic carbocycles. The fourth-order valence-electron chi connectivity index (χ4n) is 2.90. The number of carbonyl (C=O) groups excluding carboxylic acids is 2. The minimum Gasteiger partial charge on any atom is -0.482 e. The molecule has 9 nitrogen and oxygen atoms in total. The molecule has 0 radical (unpaired) electrons. The topological polar surface area (TPSA) is 123 Å². The molecule has 0 atom stereocenters. The van der Waals surface area contributed by atoms with E-state index in [9.17, 15) is 19.2 Å². The number of esters is 1. The molecule has 1 heterocycles. The van der Waals surface area contributed by atoms with Gasteiger partial charge in [0.15, 0.2) is 13.2 Å². The number of ketones is 1. The average molecular weight is 403 g/mol. The first kappa shape index (κ1) is 21.9. The standard InChI is InChI=1S/C20H25N3O6/c1-5-6-23-18(21)17(19(26)22(4)20(23)27)15(24)10-29-16(25)11-28-14-8-12(2)7-13(3)9-14/h7-9H,5-6,10-11,21H2,1-4H3. The first-order valence-corrected chi connectivity index (χ1v) is 9.14. The first-order valence-electron chi connectivity index (χ1n) is 9.14. The van der Waals surface area contributed by atoms with Gasteiger partial charge in [-0.05, 0) is 43.5 Å². The van der Waals surface area contributed by atoms with Crippen LogP contribution in [0.1, 0.15) is 34.8 Å². The molecule has 0 bridgehead atoms. The second-order valence-electron chi connectivity index (χ2n) is 6.75. The van der Waals surface area contributed by atoms with Gasteiger partial charge in [0.05, 0.1) is 0 Å². The van der Waals surface area contributed by atoms with Crippen molar-refractivity contribution in [3.63, 3.8) is 0 Å². The van der Waals surface area contributed by atoms with Crippen molar-refractivity contribution < 1.29 is 19.1 Å². The van der Waals surface area contributed by atoms with Crippen molar-refractivity contribution in [2.75, 3.05) is 18.9 Å². The van der Waals surface area contributed by atoms with Gasteiger partial charge in [-0.25, -0.2) is 9.59 Å². The number of hydrogen-bond acceptors (Lipinski definition) is 7. The highest BCUT2D eigenvalue weighted by molar-refractivity contribution is 6.01. The van der Waals surface area contributed by atoms with Gasteiger partial charge in [-0.15, -0.1) is 0 Å². The van der Waals surface area contributed by atoms with Gasteiger partial charge in [0.1, 0.15) is 17.1 Å². The maximum absolute atomic E-state index is 12.4. The van der Waals surface area contributed by atoms with Crippen LogP contribution in [0, 0.1) is 13.8 Å². The van der Waals surface area contributed by atoms with Crippen molar-refractivity contribution in [3.8, 4) is 5.75 Å². The van der Waals surface area contributed by atoms with Gasteiger partial charge >= 0.3 is 11.7 Å². The van der Waals surface area contributed by atoms with E-state index < -0.39 is 29.6 Å². The number of nitrogens with two attached hydrogens (primary N) is 1. The third kappa shape index (κ3) is 5.13. The first-order chi connectivity index (χ1) is 13.6. The highest BCUT2D eigenvalue weighted by Crippen LogP contribution is 2.16. The molecular formula is C20H25N3O6. The van der Waals surface area contributed by atoms with E-state index in [1.54, 1.807) is 12.1 Å². The Bertz CT molecular complexity index is 1030. The Morgan fingerprint density at radius 3 is 2.28 bits per heavy atom. The van der Waals surface area contributed by atoms with Crippen LogP contribution >= 0.6 is 0 Å². The summed E-state index contributed by atoms with van der Waals surface area (Å²) >= 11 is 0. The summed E-state index contributed by atoms with van der Waals surface area (Å²) in [4.78, 5) is 48.8. The summed E-state index contributed by atoms with van der Waals surface area (Å²) in [6.45, 7) is 4.82. The van der Waals surface area contributed by atoms with E-state index in [0.717, 1.165) is 20.3 Å². The highest BCUT2D eigenvalue weighted by Gasteiger charge is 2.22.